The number of carbonyl (C=O) groups is 1. The number of methoxy groups -OCH3 is 1. The quantitative estimate of drug-likeness (QED) is 0.784. The van der Waals surface area contributed by atoms with E-state index in [0.29, 0.717) is 6.54 Å². The molecule has 1 amide bonds. The van der Waals surface area contributed by atoms with Crippen molar-refractivity contribution in [1.29, 1.82) is 0 Å². The van der Waals surface area contributed by atoms with E-state index in [1.54, 1.807) is 12.0 Å². The van der Waals surface area contributed by atoms with Crippen LogP contribution in [0, 0.1) is 0 Å². The molecule has 4 rings (SSSR count). The Morgan fingerprint density at radius 1 is 0.923 bits per heavy atom. The van der Waals surface area contributed by atoms with E-state index in [1.165, 1.54) is 0 Å². The summed E-state index contributed by atoms with van der Waals surface area (Å²) >= 11 is 0. The largest absolute Gasteiger partial charge is 0.497 e. The fourth-order valence-corrected chi connectivity index (χ4v) is 3.45. The first kappa shape index (κ1) is 16.4. The van der Waals surface area contributed by atoms with Gasteiger partial charge in [0.1, 0.15) is 11.8 Å². The Kier molecular flexibility index (Phi) is 4.19. The van der Waals surface area contributed by atoms with Crippen LogP contribution < -0.4 is 15.4 Å². The number of carbonyl (C=O) groups excluding carboxylic acids is 1. The summed E-state index contributed by atoms with van der Waals surface area (Å²) in [6.45, 7) is 0.460. The smallest absolute Gasteiger partial charge is 0.248 e. The van der Waals surface area contributed by atoms with Crippen LogP contribution in [0.25, 0.3) is 11.1 Å². The van der Waals surface area contributed by atoms with Gasteiger partial charge in [0.25, 0.3) is 0 Å². The van der Waals surface area contributed by atoms with Crippen molar-refractivity contribution in [3.63, 3.8) is 0 Å². The van der Waals surface area contributed by atoms with Gasteiger partial charge >= 0.3 is 0 Å². The van der Waals surface area contributed by atoms with Crippen molar-refractivity contribution in [3.8, 4) is 16.9 Å². The number of nitrogens with two attached hydrogens (primary N) is 1. The number of para-hydroxylation sites is 1. The summed E-state index contributed by atoms with van der Waals surface area (Å²) in [5.41, 5.74) is 11.2. The first-order valence-corrected chi connectivity index (χ1v) is 8.57. The highest BCUT2D eigenvalue weighted by molar-refractivity contribution is 6.04. The molecule has 1 aliphatic rings. The summed E-state index contributed by atoms with van der Waals surface area (Å²) in [4.78, 5) is 15.0. The van der Waals surface area contributed by atoms with Crippen molar-refractivity contribution in [3.05, 3.63) is 83.9 Å². The summed E-state index contributed by atoms with van der Waals surface area (Å²) in [6, 6.07) is 22.9. The van der Waals surface area contributed by atoms with Crippen molar-refractivity contribution in [2.45, 2.75) is 12.6 Å². The highest BCUT2D eigenvalue weighted by Crippen LogP contribution is 2.39. The lowest BCUT2D eigenvalue weighted by atomic mass is 9.96. The molecule has 130 valence electrons. The average molecular weight is 344 g/mol. The highest BCUT2D eigenvalue weighted by atomic mass is 16.5. The number of benzene rings is 3. The SMILES string of the molecule is COc1ccc(CN2C(=O)[C@@H](N)c3ccccc3-c3ccccc32)cc1. The van der Waals surface area contributed by atoms with Crippen molar-refractivity contribution in [2.75, 3.05) is 12.0 Å². The Balaban J connectivity index is 1.81. The molecule has 0 fully saturated rings. The number of rotatable bonds is 3. The fraction of sp³-hybridized carbons (Fsp3) is 0.136. The Hall–Kier alpha value is -3.11. The molecule has 0 saturated carbocycles. The predicted octanol–water partition coefficient (Wildman–Crippen LogP) is 3.91. The minimum absolute atomic E-state index is 0.0989. The molecule has 1 aliphatic heterocycles. The molecule has 3 aromatic rings. The molecule has 26 heavy (non-hydrogen) atoms. The normalized spacial score (nSPS) is 15.8. The number of ether oxygens (including phenoxy) is 1. The van der Waals surface area contributed by atoms with Gasteiger partial charge in [0.05, 0.1) is 19.3 Å². The summed E-state index contributed by atoms with van der Waals surface area (Å²) in [5, 5.41) is 0. The molecule has 1 heterocycles. The van der Waals surface area contributed by atoms with Gasteiger partial charge in [0.15, 0.2) is 0 Å². The maximum Gasteiger partial charge on any atom is 0.248 e. The molecule has 4 nitrogen and oxygen atoms in total. The summed E-state index contributed by atoms with van der Waals surface area (Å²) in [6.07, 6.45) is 0. The predicted molar refractivity (Wildman–Crippen MR) is 103 cm³/mol. The van der Waals surface area contributed by atoms with Crippen molar-refractivity contribution in [1.82, 2.24) is 0 Å². The lowest BCUT2D eigenvalue weighted by Gasteiger charge is -2.25. The first-order valence-electron chi connectivity index (χ1n) is 8.57. The third-order valence-electron chi connectivity index (χ3n) is 4.81. The van der Waals surface area contributed by atoms with E-state index in [0.717, 1.165) is 33.7 Å². The van der Waals surface area contributed by atoms with E-state index in [9.17, 15) is 4.79 Å². The highest BCUT2D eigenvalue weighted by Gasteiger charge is 2.31. The number of nitrogens with zero attached hydrogens (tertiary/aromatic N) is 1. The van der Waals surface area contributed by atoms with Crippen LogP contribution >= 0.6 is 0 Å². The maximum absolute atomic E-state index is 13.2. The minimum Gasteiger partial charge on any atom is -0.497 e. The average Bonchev–Trinajstić information content (AvgIpc) is 2.79. The Morgan fingerprint density at radius 2 is 1.58 bits per heavy atom. The van der Waals surface area contributed by atoms with Gasteiger partial charge in [-0.3, -0.25) is 4.79 Å². The summed E-state index contributed by atoms with van der Waals surface area (Å²) in [7, 11) is 1.64. The molecule has 4 heteroatoms. The maximum atomic E-state index is 13.2. The number of amides is 1. The second-order valence-electron chi connectivity index (χ2n) is 6.35. The third-order valence-corrected chi connectivity index (χ3v) is 4.81. The zero-order chi connectivity index (χ0) is 18.1. The molecule has 0 bridgehead atoms. The van der Waals surface area contributed by atoms with Crippen molar-refractivity contribution in [2.24, 2.45) is 5.73 Å². The van der Waals surface area contributed by atoms with E-state index < -0.39 is 6.04 Å². The van der Waals surface area contributed by atoms with Gasteiger partial charge in [-0.15, -0.1) is 0 Å². The summed E-state index contributed by atoms with van der Waals surface area (Å²) in [5.74, 6) is 0.693. The first-order chi connectivity index (χ1) is 12.7. The van der Waals surface area contributed by atoms with Crippen LogP contribution in [-0.2, 0) is 11.3 Å². The van der Waals surface area contributed by atoms with E-state index >= 15 is 0 Å². The fourth-order valence-electron chi connectivity index (χ4n) is 3.45. The van der Waals surface area contributed by atoms with Crippen LogP contribution in [-0.4, -0.2) is 13.0 Å². The van der Waals surface area contributed by atoms with Gasteiger partial charge < -0.3 is 15.4 Å². The van der Waals surface area contributed by atoms with Gasteiger partial charge in [0, 0.05) is 5.56 Å². The van der Waals surface area contributed by atoms with E-state index in [4.69, 9.17) is 10.5 Å². The molecule has 2 N–H and O–H groups in total. The number of fused-ring (bicyclic) bond motifs is 3. The summed E-state index contributed by atoms with van der Waals surface area (Å²) < 4.78 is 5.22. The van der Waals surface area contributed by atoms with Crippen LogP contribution in [0.3, 0.4) is 0 Å². The molecule has 0 radical (unpaired) electrons. The van der Waals surface area contributed by atoms with E-state index in [2.05, 4.69) is 0 Å². The molecule has 0 aromatic heterocycles. The molecule has 3 aromatic carbocycles. The minimum atomic E-state index is -0.683. The van der Waals surface area contributed by atoms with Gasteiger partial charge in [-0.2, -0.15) is 0 Å². The monoisotopic (exact) mass is 344 g/mol. The Morgan fingerprint density at radius 3 is 2.31 bits per heavy atom. The van der Waals surface area contributed by atoms with Gasteiger partial charge in [-0.1, -0.05) is 54.6 Å². The van der Waals surface area contributed by atoms with Crippen molar-refractivity contribution < 1.29 is 9.53 Å². The van der Waals surface area contributed by atoms with Gasteiger partial charge in [0.2, 0.25) is 5.91 Å². The third kappa shape index (κ3) is 2.74. The Bertz CT molecular complexity index is 950. The number of hydrogen-bond donors (Lipinski definition) is 1. The molecule has 1 atom stereocenters. The van der Waals surface area contributed by atoms with Gasteiger partial charge in [-0.25, -0.2) is 0 Å². The number of hydrogen-bond acceptors (Lipinski definition) is 3. The molecule has 0 unspecified atom stereocenters. The Labute approximate surface area is 152 Å². The molecule has 0 aliphatic carbocycles. The standard InChI is InChI=1S/C22H20N2O2/c1-26-16-12-10-15(11-13-16)14-24-20-9-5-4-7-18(20)17-6-2-3-8-19(17)21(23)22(24)25/h2-13,21H,14,23H2,1H3/t21-/m0/s1. The molecule has 0 saturated heterocycles. The van der Waals surface area contributed by atoms with Crippen LogP contribution in [0.5, 0.6) is 5.75 Å². The van der Waals surface area contributed by atoms with Crippen LogP contribution in [0.1, 0.15) is 17.2 Å². The number of anilines is 1. The molecular formula is C22H20N2O2. The van der Waals surface area contributed by atoms with E-state index in [1.807, 2.05) is 72.8 Å². The lowest BCUT2D eigenvalue weighted by Crippen LogP contribution is -2.37. The second-order valence-corrected chi connectivity index (χ2v) is 6.35. The van der Waals surface area contributed by atoms with Crippen LogP contribution in [0.15, 0.2) is 72.8 Å². The molecule has 0 spiro atoms. The lowest BCUT2D eigenvalue weighted by molar-refractivity contribution is -0.120. The zero-order valence-corrected chi connectivity index (χ0v) is 14.6. The molecular weight excluding hydrogens is 324 g/mol. The van der Waals surface area contributed by atoms with Crippen LogP contribution in [0.2, 0.25) is 0 Å². The van der Waals surface area contributed by atoms with Crippen molar-refractivity contribution >= 4 is 11.6 Å². The topological polar surface area (TPSA) is 55.6 Å². The second kappa shape index (κ2) is 6.65. The zero-order valence-electron chi connectivity index (χ0n) is 14.6. The van der Waals surface area contributed by atoms with Gasteiger partial charge in [-0.05, 0) is 34.9 Å². The van der Waals surface area contributed by atoms with E-state index in [-0.39, 0.29) is 5.91 Å². The van der Waals surface area contributed by atoms with Crippen LogP contribution in [0.4, 0.5) is 5.69 Å².